The molecule has 0 atom stereocenters. The summed E-state index contributed by atoms with van der Waals surface area (Å²) in [6.45, 7) is 0. The van der Waals surface area contributed by atoms with Crippen LogP contribution in [0.2, 0.25) is 5.02 Å². The molecule has 0 fully saturated rings. The van der Waals surface area contributed by atoms with Gasteiger partial charge in [0.15, 0.2) is 0 Å². The Kier molecular flexibility index (Phi) is 1.97. The highest BCUT2D eigenvalue weighted by Crippen LogP contribution is 2.14. The van der Waals surface area contributed by atoms with Crippen LogP contribution in [-0.2, 0) is 0 Å². The van der Waals surface area contributed by atoms with Crippen molar-refractivity contribution in [1.82, 2.24) is 18.8 Å². The number of benzene rings is 1. The summed E-state index contributed by atoms with van der Waals surface area (Å²) in [5.41, 5.74) is 1.78. The van der Waals surface area contributed by atoms with Gasteiger partial charge in [0.05, 0.1) is 16.1 Å². The quantitative estimate of drug-likeness (QED) is 0.492. The second kappa shape index (κ2) is 3.55. The first kappa shape index (κ1) is 10.5. The van der Waals surface area contributed by atoms with E-state index in [0.717, 1.165) is 11.0 Å². The molecule has 0 saturated heterocycles. The molecular weight excluding hydrogens is 264 g/mol. The molecule has 0 unspecified atom stereocenters. The van der Waals surface area contributed by atoms with E-state index in [0.29, 0.717) is 16.4 Å². The number of hydrogen-bond donors (Lipinski definition) is 0. The highest BCUT2D eigenvalue weighted by Gasteiger charge is 2.10. The van der Waals surface area contributed by atoms with Gasteiger partial charge in [-0.25, -0.2) is 14.2 Å². The largest absolute Gasteiger partial charge is 0.341 e. The zero-order chi connectivity index (χ0) is 13.0. The Labute approximate surface area is 111 Å². The molecule has 5 nitrogen and oxygen atoms in total. The molecule has 0 aliphatic rings. The number of pyridine rings is 1. The summed E-state index contributed by atoms with van der Waals surface area (Å²) in [5.74, 6) is 0.397. The molecule has 0 amide bonds. The van der Waals surface area contributed by atoms with Crippen LogP contribution in [0.1, 0.15) is 0 Å². The zero-order valence-electron chi connectivity index (χ0n) is 9.62. The lowest BCUT2D eigenvalue weighted by Gasteiger charge is -2.01. The van der Waals surface area contributed by atoms with Gasteiger partial charge in [-0.05, 0) is 24.3 Å². The third kappa shape index (κ3) is 1.39. The van der Waals surface area contributed by atoms with Crippen LogP contribution in [0.4, 0.5) is 0 Å². The van der Waals surface area contributed by atoms with Crippen LogP contribution in [0.25, 0.3) is 22.5 Å². The van der Waals surface area contributed by atoms with Crippen molar-refractivity contribution in [3.8, 4) is 0 Å². The van der Waals surface area contributed by atoms with Gasteiger partial charge in [-0.1, -0.05) is 23.7 Å². The Hall–Kier alpha value is -2.40. The Morgan fingerprint density at radius 1 is 1.05 bits per heavy atom. The zero-order valence-corrected chi connectivity index (χ0v) is 10.4. The van der Waals surface area contributed by atoms with Crippen molar-refractivity contribution < 1.29 is 0 Å². The van der Waals surface area contributed by atoms with Gasteiger partial charge in [0.1, 0.15) is 5.65 Å². The third-order valence-electron chi connectivity index (χ3n) is 3.05. The third-order valence-corrected chi connectivity index (χ3v) is 3.27. The fraction of sp³-hybridized carbons (Fsp3) is 0. The summed E-state index contributed by atoms with van der Waals surface area (Å²) in [5, 5.41) is 0.486. The van der Waals surface area contributed by atoms with Crippen LogP contribution in [0.15, 0.2) is 47.4 Å². The van der Waals surface area contributed by atoms with Crippen LogP contribution in [-0.4, -0.2) is 18.8 Å². The number of rotatable bonds is 0. The lowest BCUT2D eigenvalue weighted by Crippen LogP contribution is -2.22. The molecule has 4 rings (SSSR count). The topological polar surface area (TPSA) is 51.7 Å². The number of halogens is 1. The first-order valence-electron chi connectivity index (χ1n) is 5.69. The Morgan fingerprint density at radius 2 is 1.89 bits per heavy atom. The van der Waals surface area contributed by atoms with Crippen molar-refractivity contribution in [3.05, 3.63) is 58.1 Å². The summed E-state index contributed by atoms with van der Waals surface area (Å²) in [7, 11) is 0. The minimum Gasteiger partial charge on any atom is -0.251 e. The smallest absolute Gasteiger partial charge is 0.251 e. The molecule has 3 heterocycles. The van der Waals surface area contributed by atoms with E-state index in [2.05, 4.69) is 9.97 Å². The maximum absolute atomic E-state index is 12.5. The lowest BCUT2D eigenvalue weighted by molar-refractivity contribution is 0.921. The van der Waals surface area contributed by atoms with E-state index in [-0.39, 0.29) is 5.69 Å². The van der Waals surface area contributed by atoms with E-state index < -0.39 is 0 Å². The van der Waals surface area contributed by atoms with E-state index >= 15 is 0 Å². The number of aromatic nitrogens is 4. The van der Waals surface area contributed by atoms with Gasteiger partial charge >= 0.3 is 5.69 Å². The molecule has 1 aromatic carbocycles. The average molecular weight is 271 g/mol. The van der Waals surface area contributed by atoms with Crippen LogP contribution < -0.4 is 5.69 Å². The van der Waals surface area contributed by atoms with Gasteiger partial charge in [0.2, 0.25) is 5.78 Å². The molecule has 0 aliphatic heterocycles. The van der Waals surface area contributed by atoms with Gasteiger partial charge in [-0.15, -0.1) is 0 Å². The van der Waals surface area contributed by atoms with Crippen LogP contribution in [0.5, 0.6) is 0 Å². The van der Waals surface area contributed by atoms with Gasteiger partial charge < -0.3 is 0 Å². The normalized spacial score (nSPS) is 11.6. The number of fused-ring (bicyclic) bond motifs is 4. The van der Waals surface area contributed by atoms with Crippen molar-refractivity contribution in [1.29, 1.82) is 0 Å². The Morgan fingerprint density at radius 3 is 2.79 bits per heavy atom. The van der Waals surface area contributed by atoms with Gasteiger partial charge in [-0.3, -0.25) is 4.40 Å². The number of hydrogen-bond acceptors (Lipinski definition) is 3. The molecule has 0 radical (unpaired) electrons. The van der Waals surface area contributed by atoms with E-state index in [1.54, 1.807) is 18.3 Å². The molecule has 19 heavy (non-hydrogen) atoms. The molecule has 4 aromatic rings. The summed E-state index contributed by atoms with van der Waals surface area (Å²) in [4.78, 5) is 21.2. The molecule has 92 valence electrons. The predicted octanol–water partition coefficient (Wildman–Crippen LogP) is 2.15. The summed E-state index contributed by atoms with van der Waals surface area (Å²) in [6, 6.07) is 10.8. The Bertz CT molecular complexity index is 1000. The van der Waals surface area contributed by atoms with E-state index in [9.17, 15) is 4.79 Å². The van der Waals surface area contributed by atoms with Gasteiger partial charge in [-0.2, -0.15) is 4.98 Å². The Balaban J connectivity index is 2.34. The number of para-hydroxylation sites is 2. The minimum absolute atomic E-state index is 0.226. The second-order valence-corrected chi connectivity index (χ2v) is 4.64. The molecular formula is C13H7ClN4O. The highest BCUT2D eigenvalue weighted by molar-refractivity contribution is 6.30. The van der Waals surface area contributed by atoms with E-state index in [1.165, 1.54) is 8.80 Å². The number of imidazole rings is 1. The van der Waals surface area contributed by atoms with Crippen molar-refractivity contribution in [2.75, 3.05) is 0 Å². The molecule has 0 spiro atoms. The van der Waals surface area contributed by atoms with Gasteiger partial charge in [0, 0.05) is 6.20 Å². The standard InChI is InChI=1S/C13H7ClN4O/c14-8-5-6-11-16-12-15-9-3-1-2-4-10(9)18(12)13(19)17(11)7-8/h1-7H. The second-order valence-electron chi connectivity index (χ2n) is 4.21. The fourth-order valence-corrected chi connectivity index (χ4v) is 2.36. The summed E-state index contributed by atoms with van der Waals surface area (Å²) < 4.78 is 2.90. The van der Waals surface area contributed by atoms with E-state index in [4.69, 9.17) is 11.6 Å². The molecule has 0 bridgehead atoms. The molecule has 0 saturated carbocycles. The first-order valence-corrected chi connectivity index (χ1v) is 6.07. The van der Waals surface area contributed by atoms with Crippen molar-refractivity contribution >= 4 is 34.1 Å². The van der Waals surface area contributed by atoms with Gasteiger partial charge in [0.25, 0.3) is 0 Å². The number of nitrogens with zero attached hydrogens (tertiary/aromatic N) is 4. The first-order chi connectivity index (χ1) is 9.24. The molecule has 0 N–H and O–H groups in total. The lowest BCUT2D eigenvalue weighted by atomic mass is 10.3. The maximum Gasteiger partial charge on any atom is 0.341 e. The fourth-order valence-electron chi connectivity index (χ4n) is 2.20. The molecule has 3 aromatic heterocycles. The van der Waals surface area contributed by atoms with Crippen LogP contribution in [0, 0.1) is 0 Å². The van der Waals surface area contributed by atoms with Crippen molar-refractivity contribution in [2.45, 2.75) is 0 Å². The minimum atomic E-state index is -0.226. The van der Waals surface area contributed by atoms with E-state index in [1.807, 2.05) is 24.3 Å². The van der Waals surface area contributed by atoms with Crippen LogP contribution >= 0.6 is 11.6 Å². The SMILES string of the molecule is O=c1n2cc(Cl)ccc2nc2nc3ccccc3n12. The molecule has 6 heteroatoms. The summed E-state index contributed by atoms with van der Waals surface area (Å²) >= 11 is 5.92. The van der Waals surface area contributed by atoms with Crippen molar-refractivity contribution in [3.63, 3.8) is 0 Å². The van der Waals surface area contributed by atoms with Crippen molar-refractivity contribution in [2.24, 2.45) is 0 Å². The average Bonchev–Trinajstić information content (AvgIpc) is 2.78. The predicted molar refractivity (Wildman–Crippen MR) is 72.7 cm³/mol. The monoisotopic (exact) mass is 270 g/mol. The van der Waals surface area contributed by atoms with Crippen LogP contribution in [0.3, 0.4) is 0 Å². The maximum atomic E-state index is 12.5. The molecule has 0 aliphatic carbocycles. The summed E-state index contributed by atoms with van der Waals surface area (Å²) in [6.07, 6.45) is 1.56. The highest BCUT2D eigenvalue weighted by atomic mass is 35.5.